The van der Waals surface area contributed by atoms with Gasteiger partial charge in [-0.2, -0.15) is 0 Å². The molecule has 1 atom stereocenters. The number of likely N-dealkylation sites (tertiary alicyclic amines) is 1. The summed E-state index contributed by atoms with van der Waals surface area (Å²) in [5.74, 6) is 1.10. The highest BCUT2D eigenvalue weighted by atomic mass is 15.2. The molecule has 3 nitrogen and oxygen atoms in total. The number of rotatable bonds is 2. The minimum Gasteiger partial charge on any atom is -0.341 e. The van der Waals surface area contributed by atoms with Crippen LogP contribution in [0.15, 0.2) is 24.3 Å². The first-order valence-electron chi connectivity index (χ1n) is 6.50. The Morgan fingerprint density at radius 2 is 2.24 bits per heavy atom. The molecular formula is C14H19N3. The molecule has 1 saturated heterocycles. The number of imidazole rings is 1. The van der Waals surface area contributed by atoms with Crippen molar-refractivity contribution < 1.29 is 0 Å². The molecule has 1 aliphatic heterocycles. The Hall–Kier alpha value is -1.35. The second-order valence-electron chi connectivity index (χ2n) is 5.02. The van der Waals surface area contributed by atoms with Crippen molar-refractivity contribution in [2.45, 2.75) is 38.8 Å². The van der Waals surface area contributed by atoms with Crippen molar-refractivity contribution in [1.29, 1.82) is 0 Å². The minimum absolute atomic E-state index is 0.692. The maximum Gasteiger partial charge on any atom is 0.121 e. The predicted octanol–water partition coefficient (Wildman–Crippen LogP) is 2.94. The quantitative estimate of drug-likeness (QED) is 0.858. The first kappa shape index (κ1) is 10.8. The molecule has 0 radical (unpaired) electrons. The normalized spacial score (nSPS) is 22.1. The zero-order chi connectivity index (χ0) is 11.7. The fourth-order valence-corrected chi connectivity index (χ4v) is 2.67. The number of benzene rings is 1. The van der Waals surface area contributed by atoms with Gasteiger partial charge in [0.15, 0.2) is 0 Å². The Bertz CT molecular complexity index is 470. The molecular weight excluding hydrogens is 210 g/mol. The number of fused-ring (bicyclic) bond motifs is 1. The van der Waals surface area contributed by atoms with Gasteiger partial charge >= 0.3 is 0 Å². The Morgan fingerprint density at radius 3 is 3.06 bits per heavy atom. The standard InChI is InChI=1S/C14H19N3/c1-11-6-4-5-9-17(11)10-14-15-12-7-2-3-8-13(12)16-14/h2-3,7-8,11H,4-6,9-10H2,1H3,(H,15,16)/t11-/m1/s1. The minimum atomic E-state index is 0.692. The summed E-state index contributed by atoms with van der Waals surface area (Å²) in [7, 11) is 0. The molecule has 0 bridgehead atoms. The number of H-pyrrole nitrogens is 1. The maximum absolute atomic E-state index is 4.64. The summed E-state index contributed by atoms with van der Waals surface area (Å²) in [6.45, 7) is 4.48. The molecule has 2 aromatic rings. The molecule has 1 aromatic heterocycles. The summed E-state index contributed by atoms with van der Waals surface area (Å²) in [6, 6.07) is 8.93. The number of hydrogen-bond donors (Lipinski definition) is 1. The Kier molecular flexibility index (Phi) is 2.85. The summed E-state index contributed by atoms with van der Waals surface area (Å²) in [5.41, 5.74) is 2.22. The summed E-state index contributed by atoms with van der Waals surface area (Å²) in [6.07, 6.45) is 4.02. The van der Waals surface area contributed by atoms with Crippen molar-refractivity contribution in [3.63, 3.8) is 0 Å². The molecule has 1 aromatic carbocycles. The highest BCUT2D eigenvalue weighted by Crippen LogP contribution is 2.19. The highest BCUT2D eigenvalue weighted by Gasteiger charge is 2.19. The Morgan fingerprint density at radius 1 is 1.35 bits per heavy atom. The molecule has 90 valence electrons. The summed E-state index contributed by atoms with van der Waals surface area (Å²) in [4.78, 5) is 10.6. The lowest BCUT2D eigenvalue weighted by atomic mass is 10.0. The van der Waals surface area contributed by atoms with Gasteiger partial charge in [-0.05, 0) is 38.4 Å². The molecule has 3 rings (SSSR count). The lowest BCUT2D eigenvalue weighted by molar-refractivity contribution is 0.149. The van der Waals surface area contributed by atoms with Crippen molar-refractivity contribution in [3.05, 3.63) is 30.1 Å². The third-order valence-corrected chi connectivity index (χ3v) is 3.73. The van der Waals surface area contributed by atoms with Gasteiger partial charge < -0.3 is 4.98 Å². The second-order valence-corrected chi connectivity index (χ2v) is 5.02. The van der Waals surface area contributed by atoms with Gasteiger partial charge in [-0.3, -0.25) is 4.90 Å². The largest absolute Gasteiger partial charge is 0.341 e. The van der Waals surface area contributed by atoms with Crippen LogP contribution in [0.3, 0.4) is 0 Å². The van der Waals surface area contributed by atoms with Crippen molar-refractivity contribution in [2.24, 2.45) is 0 Å². The van der Waals surface area contributed by atoms with Gasteiger partial charge in [0.05, 0.1) is 17.6 Å². The predicted molar refractivity (Wildman–Crippen MR) is 69.8 cm³/mol. The SMILES string of the molecule is C[C@@H]1CCCCN1Cc1nc2ccccc2[nH]1. The molecule has 1 fully saturated rings. The van der Waals surface area contributed by atoms with Crippen LogP contribution >= 0.6 is 0 Å². The van der Waals surface area contributed by atoms with Crippen LogP contribution in [-0.2, 0) is 6.54 Å². The van der Waals surface area contributed by atoms with E-state index in [4.69, 9.17) is 0 Å². The van der Waals surface area contributed by atoms with E-state index in [1.165, 1.54) is 25.8 Å². The topological polar surface area (TPSA) is 31.9 Å². The average Bonchev–Trinajstić information content (AvgIpc) is 2.74. The van der Waals surface area contributed by atoms with Gasteiger partial charge in [0, 0.05) is 6.04 Å². The van der Waals surface area contributed by atoms with E-state index in [1.54, 1.807) is 0 Å². The first-order chi connectivity index (χ1) is 8.33. The molecule has 3 heteroatoms. The van der Waals surface area contributed by atoms with Gasteiger partial charge in [0.25, 0.3) is 0 Å². The van der Waals surface area contributed by atoms with Crippen LogP contribution in [0, 0.1) is 0 Å². The number of aromatic amines is 1. The highest BCUT2D eigenvalue weighted by molar-refractivity contribution is 5.74. The fourth-order valence-electron chi connectivity index (χ4n) is 2.67. The van der Waals surface area contributed by atoms with Crippen LogP contribution in [0.4, 0.5) is 0 Å². The third kappa shape index (κ3) is 2.20. The molecule has 1 N–H and O–H groups in total. The molecule has 1 aliphatic rings. The van der Waals surface area contributed by atoms with Crippen molar-refractivity contribution >= 4 is 11.0 Å². The van der Waals surface area contributed by atoms with E-state index in [0.717, 1.165) is 23.4 Å². The van der Waals surface area contributed by atoms with Gasteiger partial charge in [-0.15, -0.1) is 0 Å². The van der Waals surface area contributed by atoms with E-state index >= 15 is 0 Å². The molecule has 0 aliphatic carbocycles. The summed E-state index contributed by atoms with van der Waals surface area (Å²) in [5, 5.41) is 0. The van der Waals surface area contributed by atoms with Crippen LogP contribution in [-0.4, -0.2) is 27.5 Å². The maximum atomic E-state index is 4.64. The van der Waals surface area contributed by atoms with Crippen molar-refractivity contribution in [2.75, 3.05) is 6.54 Å². The van der Waals surface area contributed by atoms with E-state index in [1.807, 2.05) is 12.1 Å². The van der Waals surface area contributed by atoms with Crippen LogP contribution in [0.1, 0.15) is 32.0 Å². The zero-order valence-corrected chi connectivity index (χ0v) is 10.3. The monoisotopic (exact) mass is 229 g/mol. The zero-order valence-electron chi connectivity index (χ0n) is 10.3. The van der Waals surface area contributed by atoms with Crippen LogP contribution < -0.4 is 0 Å². The molecule has 0 unspecified atom stereocenters. The van der Waals surface area contributed by atoms with E-state index in [2.05, 4.69) is 33.9 Å². The van der Waals surface area contributed by atoms with Crippen LogP contribution in [0.25, 0.3) is 11.0 Å². The smallest absolute Gasteiger partial charge is 0.121 e. The van der Waals surface area contributed by atoms with Gasteiger partial charge in [-0.1, -0.05) is 18.6 Å². The van der Waals surface area contributed by atoms with E-state index in [-0.39, 0.29) is 0 Å². The number of aromatic nitrogens is 2. The molecule has 0 amide bonds. The van der Waals surface area contributed by atoms with Gasteiger partial charge in [0.2, 0.25) is 0 Å². The Balaban J connectivity index is 1.79. The summed E-state index contributed by atoms with van der Waals surface area (Å²) >= 11 is 0. The van der Waals surface area contributed by atoms with Crippen LogP contribution in [0.2, 0.25) is 0 Å². The number of nitrogens with zero attached hydrogens (tertiary/aromatic N) is 2. The van der Waals surface area contributed by atoms with Crippen molar-refractivity contribution in [3.8, 4) is 0 Å². The second kappa shape index (κ2) is 4.49. The van der Waals surface area contributed by atoms with Gasteiger partial charge in [0.1, 0.15) is 5.82 Å². The number of hydrogen-bond acceptors (Lipinski definition) is 2. The molecule has 2 heterocycles. The fraction of sp³-hybridized carbons (Fsp3) is 0.500. The molecule has 0 spiro atoms. The third-order valence-electron chi connectivity index (χ3n) is 3.73. The number of nitrogens with one attached hydrogen (secondary N) is 1. The van der Waals surface area contributed by atoms with Gasteiger partial charge in [-0.25, -0.2) is 4.98 Å². The molecule has 17 heavy (non-hydrogen) atoms. The lowest BCUT2D eigenvalue weighted by Crippen LogP contribution is -2.37. The number of piperidine rings is 1. The number of para-hydroxylation sites is 2. The average molecular weight is 229 g/mol. The lowest BCUT2D eigenvalue weighted by Gasteiger charge is -2.32. The van der Waals surface area contributed by atoms with Crippen molar-refractivity contribution in [1.82, 2.24) is 14.9 Å². The molecule has 0 saturated carbocycles. The van der Waals surface area contributed by atoms with Crippen LogP contribution in [0.5, 0.6) is 0 Å². The van der Waals surface area contributed by atoms with E-state index in [9.17, 15) is 0 Å². The summed E-state index contributed by atoms with van der Waals surface area (Å²) < 4.78 is 0. The van der Waals surface area contributed by atoms with E-state index in [0.29, 0.717) is 6.04 Å². The Labute approximate surface area is 102 Å². The van der Waals surface area contributed by atoms with E-state index < -0.39 is 0 Å². The first-order valence-corrected chi connectivity index (χ1v) is 6.50.